The molecule has 0 aliphatic heterocycles. The topological polar surface area (TPSA) is 55.4 Å². The number of rotatable bonds is 5. The van der Waals surface area contributed by atoms with Crippen molar-refractivity contribution >= 4 is 11.7 Å². The summed E-state index contributed by atoms with van der Waals surface area (Å²) in [6.45, 7) is 5.48. The third kappa shape index (κ3) is 3.47. The zero-order valence-corrected chi connectivity index (χ0v) is 15.1. The summed E-state index contributed by atoms with van der Waals surface area (Å²) in [5.41, 5.74) is 2.79. The number of nitrogens with one attached hydrogen (secondary N) is 1. The molecule has 1 aliphatic rings. The van der Waals surface area contributed by atoms with Gasteiger partial charge < -0.3 is 10.1 Å². The van der Waals surface area contributed by atoms with Crippen LogP contribution in [0.3, 0.4) is 0 Å². The summed E-state index contributed by atoms with van der Waals surface area (Å²) in [6, 6.07) is 10.4. The van der Waals surface area contributed by atoms with Crippen molar-refractivity contribution in [2.45, 2.75) is 39.2 Å². The number of fused-ring (bicyclic) bond motifs is 1. The predicted molar refractivity (Wildman–Crippen MR) is 97.0 cm³/mol. The minimum absolute atomic E-state index is 0.143. The molecule has 0 saturated heterocycles. The fraction of sp³-hybridized carbons (Fsp3) is 0.333. The van der Waals surface area contributed by atoms with Gasteiger partial charge in [-0.25, -0.2) is 4.39 Å². The summed E-state index contributed by atoms with van der Waals surface area (Å²) >= 11 is 0. The first kappa shape index (κ1) is 18.1. The number of hydrogen-bond donors (Lipinski definition) is 1. The van der Waals surface area contributed by atoms with Gasteiger partial charge in [0.25, 0.3) is 5.91 Å². The standard InChI is InChI=1S/C21H22FNO3/c1-12-6-4-5-7-15(12)14(3)23-19(25)11-26-18-9-8-16(22)20-13(2)10-17(24)21(18)20/h4-9,13-14H,10-11H2,1-3H3,(H,23,25)/t13-,14-/m0/s1. The van der Waals surface area contributed by atoms with Crippen molar-refractivity contribution in [3.8, 4) is 5.75 Å². The molecule has 1 N–H and O–H groups in total. The lowest BCUT2D eigenvalue weighted by molar-refractivity contribution is -0.123. The van der Waals surface area contributed by atoms with E-state index in [-0.39, 0.29) is 48.0 Å². The SMILES string of the molecule is Cc1ccccc1[C@H](C)NC(=O)COc1ccc(F)c2c1C(=O)C[C@@H]2C. The first-order valence-corrected chi connectivity index (χ1v) is 8.71. The molecule has 5 heteroatoms. The normalized spacial score (nSPS) is 16.9. The van der Waals surface area contributed by atoms with Crippen LogP contribution >= 0.6 is 0 Å². The van der Waals surface area contributed by atoms with E-state index in [9.17, 15) is 14.0 Å². The van der Waals surface area contributed by atoms with Gasteiger partial charge in [0, 0.05) is 12.0 Å². The fourth-order valence-corrected chi connectivity index (χ4v) is 3.52. The van der Waals surface area contributed by atoms with Crippen molar-refractivity contribution in [2.24, 2.45) is 0 Å². The van der Waals surface area contributed by atoms with E-state index in [1.807, 2.05) is 45.0 Å². The molecule has 4 nitrogen and oxygen atoms in total. The minimum Gasteiger partial charge on any atom is -0.483 e. The molecule has 2 atom stereocenters. The Bertz CT molecular complexity index is 862. The van der Waals surface area contributed by atoms with E-state index in [1.54, 1.807) is 0 Å². The van der Waals surface area contributed by atoms with Crippen molar-refractivity contribution < 1.29 is 18.7 Å². The quantitative estimate of drug-likeness (QED) is 0.879. The molecule has 0 aromatic heterocycles. The summed E-state index contributed by atoms with van der Waals surface area (Å²) in [7, 11) is 0. The number of carbonyl (C=O) groups is 2. The van der Waals surface area contributed by atoms with Crippen LogP contribution in [0.15, 0.2) is 36.4 Å². The molecule has 26 heavy (non-hydrogen) atoms. The number of Topliss-reactive ketones (excluding diaryl/α,β-unsaturated/α-hetero) is 1. The second-order valence-electron chi connectivity index (χ2n) is 6.80. The third-order valence-corrected chi connectivity index (χ3v) is 4.81. The molecule has 0 saturated carbocycles. The molecule has 0 spiro atoms. The van der Waals surface area contributed by atoms with E-state index in [0.717, 1.165) is 11.1 Å². The van der Waals surface area contributed by atoms with Gasteiger partial charge in [0.05, 0.1) is 11.6 Å². The maximum atomic E-state index is 14.0. The van der Waals surface area contributed by atoms with Gasteiger partial charge in [-0.1, -0.05) is 31.2 Å². The van der Waals surface area contributed by atoms with Crippen LogP contribution in [0, 0.1) is 12.7 Å². The van der Waals surface area contributed by atoms with Gasteiger partial charge in [-0.3, -0.25) is 9.59 Å². The highest BCUT2D eigenvalue weighted by Crippen LogP contribution is 2.39. The average molecular weight is 355 g/mol. The van der Waals surface area contributed by atoms with Gasteiger partial charge in [-0.15, -0.1) is 0 Å². The molecular formula is C21H22FNO3. The Morgan fingerprint density at radius 1 is 1.31 bits per heavy atom. The van der Waals surface area contributed by atoms with Crippen LogP contribution in [0.5, 0.6) is 5.75 Å². The molecule has 0 fully saturated rings. The smallest absolute Gasteiger partial charge is 0.258 e. The highest BCUT2D eigenvalue weighted by Gasteiger charge is 2.32. The molecule has 3 rings (SSSR count). The lowest BCUT2D eigenvalue weighted by atomic mass is 10.0. The Balaban J connectivity index is 1.68. The Morgan fingerprint density at radius 2 is 2.04 bits per heavy atom. The summed E-state index contributed by atoms with van der Waals surface area (Å²) in [4.78, 5) is 24.4. The Kier molecular flexibility index (Phi) is 5.07. The highest BCUT2D eigenvalue weighted by atomic mass is 19.1. The maximum absolute atomic E-state index is 14.0. The number of carbonyl (C=O) groups excluding carboxylic acids is 2. The molecule has 2 aromatic carbocycles. The zero-order valence-electron chi connectivity index (χ0n) is 15.1. The first-order chi connectivity index (χ1) is 12.4. The van der Waals surface area contributed by atoms with Crippen molar-refractivity contribution in [1.29, 1.82) is 0 Å². The number of aryl methyl sites for hydroxylation is 1. The Labute approximate surface area is 152 Å². The molecule has 0 bridgehead atoms. The predicted octanol–water partition coefficient (Wildman–Crippen LogP) is 4.08. The summed E-state index contributed by atoms with van der Waals surface area (Å²) in [6.07, 6.45) is 0.267. The van der Waals surface area contributed by atoms with Crippen LogP contribution in [0.2, 0.25) is 0 Å². The van der Waals surface area contributed by atoms with Gasteiger partial charge in [-0.2, -0.15) is 0 Å². The molecule has 0 radical (unpaired) electrons. The van der Waals surface area contributed by atoms with Crippen LogP contribution in [0.4, 0.5) is 4.39 Å². The van der Waals surface area contributed by atoms with E-state index < -0.39 is 5.82 Å². The highest BCUT2D eigenvalue weighted by molar-refractivity contribution is 6.03. The number of ether oxygens (including phenoxy) is 1. The molecule has 1 amide bonds. The van der Waals surface area contributed by atoms with Crippen molar-refractivity contribution in [3.63, 3.8) is 0 Å². The number of benzene rings is 2. The largest absolute Gasteiger partial charge is 0.483 e. The van der Waals surface area contributed by atoms with Crippen LogP contribution in [-0.4, -0.2) is 18.3 Å². The summed E-state index contributed by atoms with van der Waals surface area (Å²) < 4.78 is 19.6. The van der Waals surface area contributed by atoms with E-state index in [1.165, 1.54) is 12.1 Å². The van der Waals surface area contributed by atoms with Crippen molar-refractivity contribution in [3.05, 3.63) is 64.5 Å². The maximum Gasteiger partial charge on any atom is 0.258 e. The third-order valence-electron chi connectivity index (χ3n) is 4.81. The summed E-state index contributed by atoms with van der Waals surface area (Å²) in [5.74, 6) is -0.735. The van der Waals surface area contributed by atoms with E-state index in [4.69, 9.17) is 4.74 Å². The Hall–Kier alpha value is -2.69. The lowest BCUT2D eigenvalue weighted by Gasteiger charge is -2.17. The Morgan fingerprint density at radius 3 is 2.77 bits per heavy atom. The first-order valence-electron chi connectivity index (χ1n) is 8.71. The zero-order chi connectivity index (χ0) is 18.8. The second-order valence-corrected chi connectivity index (χ2v) is 6.80. The van der Waals surface area contributed by atoms with Crippen molar-refractivity contribution in [1.82, 2.24) is 5.32 Å². The van der Waals surface area contributed by atoms with Crippen LogP contribution in [0.1, 0.15) is 59.3 Å². The molecule has 0 heterocycles. The molecule has 0 unspecified atom stereocenters. The van der Waals surface area contributed by atoms with Gasteiger partial charge >= 0.3 is 0 Å². The average Bonchev–Trinajstić information content (AvgIpc) is 2.90. The second kappa shape index (κ2) is 7.28. The monoisotopic (exact) mass is 355 g/mol. The molecule has 2 aromatic rings. The minimum atomic E-state index is -0.400. The number of ketones is 1. The lowest BCUT2D eigenvalue weighted by Crippen LogP contribution is -2.31. The number of amides is 1. The van der Waals surface area contributed by atoms with E-state index in [2.05, 4.69) is 5.32 Å². The van der Waals surface area contributed by atoms with Gasteiger partial charge in [-0.05, 0) is 43.0 Å². The number of hydrogen-bond acceptors (Lipinski definition) is 3. The van der Waals surface area contributed by atoms with Crippen LogP contribution in [0.25, 0.3) is 0 Å². The van der Waals surface area contributed by atoms with E-state index in [0.29, 0.717) is 5.56 Å². The molecular weight excluding hydrogens is 333 g/mol. The molecule has 136 valence electrons. The van der Waals surface area contributed by atoms with Gasteiger partial charge in [0.15, 0.2) is 12.4 Å². The number of halogens is 1. The van der Waals surface area contributed by atoms with Gasteiger partial charge in [0.1, 0.15) is 11.6 Å². The fourth-order valence-electron chi connectivity index (χ4n) is 3.52. The van der Waals surface area contributed by atoms with Crippen molar-refractivity contribution in [2.75, 3.05) is 6.61 Å². The van der Waals surface area contributed by atoms with Crippen LogP contribution in [-0.2, 0) is 4.79 Å². The van der Waals surface area contributed by atoms with E-state index >= 15 is 0 Å². The van der Waals surface area contributed by atoms with Crippen LogP contribution < -0.4 is 10.1 Å². The summed E-state index contributed by atoms with van der Waals surface area (Å²) in [5, 5.41) is 2.88. The van der Waals surface area contributed by atoms with Gasteiger partial charge in [0.2, 0.25) is 0 Å². The molecule has 1 aliphatic carbocycles.